The third kappa shape index (κ3) is 2.89. The Morgan fingerprint density at radius 1 is 1.40 bits per heavy atom. The van der Waals surface area contributed by atoms with Crippen LogP contribution < -0.4 is 0 Å². The van der Waals surface area contributed by atoms with Crippen molar-refractivity contribution in [3.8, 4) is 11.3 Å². The Kier molecular flexibility index (Phi) is 3.31. The molecule has 3 rings (SSSR count). The first-order valence-corrected chi connectivity index (χ1v) is 6.67. The number of oxazole rings is 1. The summed E-state index contributed by atoms with van der Waals surface area (Å²) in [6.07, 6.45) is 2.41. The lowest BCUT2D eigenvalue weighted by molar-refractivity contribution is 0.0668. The van der Waals surface area contributed by atoms with Gasteiger partial charge in [-0.15, -0.1) is 0 Å². The van der Waals surface area contributed by atoms with Gasteiger partial charge in [-0.05, 0) is 37.6 Å². The lowest BCUT2D eigenvalue weighted by Crippen LogP contribution is -2.29. The SMILES string of the molecule is CC1(O)CCN(Cc2ncc(-c3ccc(F)cc3)o2)C1. The van der Waals surface area contributed by atoms with Crippen LogP contribution in [0.1, 0.15) is 19.2 Å². The van der Waals surface area contributed by atoms with Gasteiger partial charge in [-0.1, -0.05) is 0 Å². The van der Waals surface area contributed by atoms with Gasteiger partial charge in [0.1, 0.15) is 5.82 Å². The fourth-order valence-corrected chi connectivity index (χ4v) is 2.50. The normalized spacial score (nSPS) is 23.4. The summed E-state index contributed by atoms with van der Waals surface area (Å²) in [4.78, 5) is 6.35. The predicted octanol–water partition coefficient (Wildman–Crippen LogP) is 2.44. The lowest BCUT2D eigenvalue weighted by atomic mass is 10.1. The molecule has 106 valence electrons. The Morgan fingerprint density at radius 3 is 2.80 bits per heavy atom. The molecule has 1 saturated heterocycles. The summed E-state index contributed by atoms with van der Waals surface area (Å²) in [7, 11) is 0. The minimum atomic E-state index is -0.619. The molecular formula is C15H17FN2O2. The Balaban J connectivity index is 1.70. The van der Waals surface area contributed by atoms with E-state index in [4.69, 9.17) is 4.42 Å². The van der Waals surface area contributed by atoms with Gasteiger partial charge in [0.05, 0.1) is 18.3 Å². The number of β-amino-alcohol motifs (C(OH)–C–C–N with tert-alkyl or cyclic N) is 1. The monoisotopic (exact) mass is 276 g/mol. The fourth-order valence-electron chi connectivity index (χ4n) is 2.50. The number of likely N-dealkylation sites (tertiary alicyclic amines) is 1. The van der Waals surface area contributed by atoms with Crippen LogP contribution >= 0.6 is 0 Å². The topological polar surface area (TPSA) is 49.5 Å². The largest absolute Gasteiger partial charge is 0.439 e. The lowest BCUT2D eigenvalue weighted by Gasteiger charge is -2.17. The highest BCUT2D eigenvalue weighted by Gasteiger charge is 2.31. The molecular weight excluding hydrogens is 259 g/mol. The Labute approximate surface area is 116 Å². The molecule has 4 nitrogen and oxygen atoms in total. The van der Waals surface area contributed by atoms with Crippen LogP contribution in [0.3, 0.4) is 0 Å². The smallest absolute Gasteiger partial charge is 0.209 e. The summed E-state index contributed by atoms with van der Waals surface area (Å²) < 4.78 is 18.6. The van der Waals surface area contributed by atoms with Crippen LogP contribution in [0, 0.1) is 5.82 Å². The number of aliphatic hydroxyl groups is 1. The first-order valence-electron chi connectivity index (χ1n) is 6.67. The molecule has 1 aromatic heterocycles. The molecule has 1 N–H and O–H groups in total. The van der Waals surface area contributed by atoms with E-state index >= 15 is 0 Å². The Morgan fingerprint density at radius 2 is 2.15 bits per heavy atom. The summed E-state index contributed by atoms with van der Waals surface area (Å²) in [6, 6.07) is 6.13. The molecule has 0 spiro atoms. The van der Waals surface area contributed by atoms with Crippen LogP contribution in [0.25, 0.3) is 11.3 Å². The molecule has 0 bridgehead atoms. The van der Waals surface area contributed by atoms with Gasteiger partial charge in [-0.25, -0.2) is 9.37 Å². The molecule has 2 aromatic rings. The van der Waals surface area contributed by atoms with Gasteiger partial charge < -0.3 is 9.52 Å². The number of rotatable bonds is 3. The van der Waals surface area contributed by atoms with Crippen LogP contribution in [-0.2, 0) is 6.54 Å². The minimum Gasteiger partial charge on any atom is -0.439 e. The molecule has 0 amide bonds. The highest BCUT2D eigenvalue weighted by atomic mass is 19.1. The molecule has 1 fully saturated rings. The average Bonchev–Trinajstić information content (AvgIpc) is 2.98. The number of halogens is 1. The zero-order valence-electron chi connectivity index (χ0n) is 11.3. The van der Waals surface area contributed by atoms with Crippen LogP contribution in [0.15, 0.2) is 34.9 Å². The maximum atomic E-state index is 12.9. The van der Waals surface area contributed by atoms with Crippen molar-refractivity contribution in [2.24, 2.45) is 0 Å². The van der Waals surface area contributed by atoms with Crippen molar-refractivity contribution in [3.05, 3.63) is 42.2 Å². The van der Waals surface area contributed by atoms with Crippen molar-refractivity contribution in [2.45, 2.75) is 25.5 Å². The van der Waals surface area contributed by atoms with Crippen LogP contribution in [0.4, 0.5) is 4.39 Å². The van der Waals surface area contributed by atoms with E-state index in [9.17, 15) is 9.50 Å². The van der Waals surface area contributed by atoms with Crippen LogP contribution in [0.5, 0.6) is 0 Å². The maximum absolute atomic E-state index is 12.9. The molecule has 1 atom stereocenters. The van der Waals surface area contributed by atoms with Gasteiger partial charge in [-0.2, -0.15) is 0 Å². The molecule has 0 radical (unpaired) electrons. The third-order valence-electron chi connectivity index (χ3n) is 3.57. The van der Waals surface area contributed by atoms with Gasteiger partial charge >= 0.3 is 0 Å². The molecule has 1 aliphatic rings. The molecule has 0 saturated carbocycles. The second kappa shape index (κ2) is 5.00. The second-order valence-corrected chi connectivity index (χ2v) is 5.58. The summed E-state index contributed by atoms with van der Waals surface area (Å²) in [5, 5.41) is 9.92. The number of aromatic nitrogens is 1. The van der Waals surface area contributed by atoms with Gasteiger partial charge in [0.15, 0.2) is 5.76 Å². The summed E-state index contributed by atoms with van der Waals surface area (Å²) >= 11 is 0. The third-order valence-corrected chi connectivity index (χ3v) is 3.57. The fraction of sp³-hybridized carbons (Fsp3) is 0.400. The van der Waals surface area contributed by atoms with Crippen molar-refractivity contribution < 1.29 is 13.9 Å². The minimum absolute atomic E-state index is 0.271. The van der Waals surface area contributed by atoms with E-state index in [1.807, 2.05) is 6.92 Å². The quantitative estimate of drug-likeness (QED) is 0.935. The van der Waals surface area contributed by atoms with E-state index in [0.29, 0.717) is 24.7 Å². The van der Waals surface area contributed by atoms with E-state index in [2.05, 4.69) is 9.88 Å². The van der Waals surface area contributed by atoms with Crippen molar-refractivity contribution in [2.75, 3.05) is 13.1 Å². The van der Waals surface area contributed by atoms with Crippen LogP contribution in [0.2, 0.25) is 0 Å². The average molecular weight is 276 g/mol. The molecule has 1 unspecified atom stereocenters. The van der Waals surface area contributed by atoms with E-state index in [-0.39, 0.29) is 5.82 Å². The standard InChI is InChI=1S/C15H17FN2O2/c1-15(19)6-7-18(10-15)9-14-17-8-13(20-14)11-2-4-12(16)5-3-11/h2-5,8,19H,6-7,9-10H2,1H3. The first-order chi connectivity index (χ1) is 9.52. The Hall–Kier alpha value is -1.72. The van der Waals surface area contributed by atoms with E-state index in [1.54, 1.807) is 18.3 Å². The van der Waals surface area contributed by atoms with Crippen molar-refractivity contribution >= 4 is 0 Å². The molecule has 2 heterocycles. The summed E-state index contributed by atoms with van der Waals surface area (Å²) in [6.45, 7) is 3.88. The zero-order chi connectivity index (χ0) is 14.2. The number of nitrogens with zero attached hydrogens (tertiary/aromatic N) is 2. The van der Waals surface area contributed by atoms with Crippen molar-refractivity contribution in [1.29, 1.82) is 0 Å². The molecule has 20 heavy (non-hydrogen) atoms. The highest BCUT2D eigenvalue weighted by molar-refractivity contribution is 5.55. The number of hydrogen-bond acceptors (Lipinski definition) is 4. The van der Waals surface area contributed by atoms with E-state index < -0.39 is 5.60 Å². The Bertz CT molecular complexity index is 592. The molecule has 1 aromatic carbocycles. The van der Waals surface area contributed by atoms with Crippen LogP contribution in [-0.4, -0.2) is 33.7 Å². The predicted molar refractivity (Wildman–Crippen MR) is 72.4 cm³/mol. The summed E-state index contributed by atoms with van der Waals surface area (Å²) in [5.74, 6) is 0.973. The molecule has 1 aliphatic heterocycles. The van der Waals surface area contributed by atoms with Gasteiger partial charge in [0.2, 0.25) is 5.89 Å². The van der Waals surface area contributed by atoms with Gasteiger partial charge in [0.25, 0.3) is 0 Å². The maximum Gasteiger partial charge on any atom is 0.209 e. The molecule has 5 heteroatoms. The van der Waals surface area contributed by atoms with Crippen molar-refractivity contribution in [1.82, 2.24) is 9.88 Å². The van der Waals surface area contributed by atoms with Gasteiger partial charge in [0, 0.05) is 18.7 Å². The van der Waals surface area contributed by atoms with Crippen molar-refractivity contribution in [3.63, 3.8) is 0 Å². The van der Waals surface area contributed by atoms with Gasteiger partial charge in [-0.3, -0.25) is 4.90 Å². The number of hydrogen-bond donors (Lipinski definition) is 1. The van der Waals surface area contributed by atoms with E-state index in [0.717, 1.165) is 18.5 Å². The highest BCUT2D eigenvalue weighted by Crippen LogP contribution is 2.24. The summed E-state index contributed by atoms with van der Waals surface area (Å²) in [5.41, 5.74) is 0.186. The number of benzene rings is 1. The van der Waals surface area contributed by atoms with E-state index in [1.165, 1.54) is 12.1 Å². The second-order valence-electron chi connectivity index (χ2n) is 5.58. The zero-order valence-corrected chi connectivity index (χ0v) is 11.3. The molecule has 0 aliphatic carbocycles. The first kappa shape index (κ1) is 13.3.